The van der Waals surface area contributed by atoms with Gasteiger partial charge >= 0.3 is 0 Å². The molecule has 25 heavy (non-hydrogen) atoms. The molecule has 4 rings (SSSR count). The Morgan fingerprint density at radius 3 is 2.68 bits per heavy atom. The fourth-order valence-corrected chi connectivity index (χ4v) is 3.60. The van der Waals surface area contributed by atoms with Gasteiger partial charge in [0.05, 0.1) is 0 Å². The Morgan fingerprint density at radius 2 is 1.88 bits per heavy atom. The average molecular weight is 333 g/mol. The highest BCUT2D eigenvalue weighted by Crippen LogP contribution is 2.21. The lowest BCUT2D eigenvalue weighted by molar-refractivity contribution is 0.0702. The summed E-state index contributed by atoms with van der Waals surface area (Å²) in [7, 11) is 0. The summed E-state index contributed by atoms with van der Waals surface area (Å²) in [4.78, 5) is 15.6. The summed E-state index contributed by atoms with van der Waals surface area (Å²) in [5.41, 5.74) is 6.23. The average Bonchev–Trinajstić information content (AvgIpc) is 3.12. The Hall–Kier alpha value is -2.59. The predicted molar refractivity (Wildman–Crippen MR) is 100 cm³/mol. The molecule has 2 N–H and O–H groups in total. The molecule has 1 aromatic heterocycles. The van der Waals surface area contributed by atoms with Gasteiger partial charge in [-0.25, -0.2) is 5.01 Å². The molecule has 1 saturated heterocycles. The van der Waals surface area contributed by atoms with Crippen LogP contribution in [0.4, 0.5) is 0 Å². The molecular formula is C21H23N3O. The van der Waals surface area contributed by atoms with E-state index < -0.39 is 0 Å². The minimum atomic E-state index is -0.0235. The highest BCUT2D eigenvalue weighted by Gasteiger charge is 2.21. The number of carbonyl (C=O) groups excluding carboxylic acids is 1. The molecule has 1 aliphatic heterocycles. The Kier molecular flexibility index (Phi) is 4.53. The number of nitrogens with one attached hydrogen (secondary N) is 2. The number of rotatable bonds is 4. The monoisotopic (exact) mass is 333 g/mol. The van der Waals surface area contributed by atoms with Crippen LogP contribution in [0, 0.1) is 5.92 Å². The number of nitrogens with zero attached hydrogens (tertiary/aromatic N) is 1. The topological polar surface area (TPSA) is 48.1 Å². The van der Waals surface area contributed by atoms with E-state index in [0.29, 0.717) is 11.5 Å². The summed E-state index contributed by atoms with van der Waals surface area (Å²) < 4.78 is 0. The van der Waals surface area contributed by atoms with E-state index in [1.54, 1.807) is 0 Å². The molecule has 1 amide bonds. The van der Waals surface area contributed by atoms with Crippen molar-refractivity contribution in [2.45, 2.75) is 19.3 Å². The van der Waals surface area contributed by atoms with Gasteiger partial charge in [0.1, 0.15) is 0 Å². The van der Waals surface area contributed by atoms with E-state index in [4.69, 9.17) is 0 Å². The van der Waals surface area contributed by atoms with Crippen molar-refractivity contribution in [3.05, 3.63) is 71.9 Å². The fraction of sp³-hybridized carbons (Fsp3) is 0.286. The van der Waals surface area contributed by atoms with E-state index in [9.17, 15) is 4.79 Å². The maximum atomic E-state index is 12.5. The highest BCUT2D eigenvalue weighted by molar-refractivity contribution is 5.97. The lowest BCUT2D eigenvalue weighted by Crippen LogP contribution is -2.46. The van der Waals surface area contributed by atoms with Gasteiger partial charge in [-0.3, -0.25) is 10.2 Å². The van der Waals surface area contributed by atoms with Gasteiger partial charge in [0.15, 0.2) is 0 Å². The van der Waals surface area contributed by atoms with Crippen molar-refractivity contribution in [1.82, 2.24) is 15.4 Å². The molecule has 0 bridgehead atoms. The van der Waals surface area contributed by atoms with Crippen molar-refractivity contribution in [2.75, 3.05) is 13.1 Å². The van der Waals surface area contributed by atoms with Gasteiger partial charge in [0, 0.05) is 35.8 Å². The molecule has 3 aromatic rings. The van der Waals surface area contributed by atoms with E-state index in [-0.39, 0.29) is 5.91 Å². The molecule has 4 nitrogen and oxygen atoms in total. The number of H-pyrrole nitrogens is 1. The normalized spacial score (nSPS) is 16.2. The van der Waals surface area contributed by atoms with Crippen molar-refractivity contribution >= 4 is 16.8 Å². The standard InChI is InChI=1S/C21H23N3O/c25-21(19-6-7-20-18(15-19)8-11-22-20)23-24-12-9-17(10-13-24)14-16-4-2-1-3-5-16/h1-8,11,15,17,22H,9-10,12-14H2,(H,23,25). The first kappa shape index (κ1) is 15.9. The SMILES string of the molecule is O=C(NN1CCC(Cc2ccccc2)CC1)c1ccc2[nH]ccc2c1. The van der Waals surface area contributed by atoms with E-state index in [2.05, 4.69) is 45.8 Å². The van der Waals surface area contributed by atoms with Crippen LogP contribution in [0.2, 0.25) is 0 Å². The molecule has 2 heterocycles. The molecule has 1 fully saturated rings. The summed E-state index contributed by atoms with van der Waals surface area (Å²) in [5, 5.41) is 3.12. The number of hydrazine groups is 1. The van der Waals surface area contributed by atoms with Gasteiger partial charge in [-0.05, 0) is 55.0 Å². The second-order valence-corrected chi connectivity index (χ2v) is 6.84. The summed E-state index contributed by atoms with van der Waals surface area (Å²) in [5.74, 6) is 0.677. The quantitative estimate of drug-likeness (QED) is 0.763. The summed E-state index contributed by atoms with van der Waals surface area (Å²) in [6.07, 6.45) is 5.26. The third kappa shape index (κ3) is 3.74. The number of amides is 1. The molecule has 2 aromatic carbocycles. The van der Waals surface area contributed by atoms with E-state index in [1.807, 2.05) is 30.5 Å². The van der Waals surface area contributed by atoms with Crippen LogP contribution in [0.5, 0.6) is 0 Å². The number of hydrogen-bond acceptors (Lipinski definition) is 2. The van der Waals surface area contributed by atoms with Gasteiger partial charge in [-0.2, -0.15) is 0 Å². The summed E-state index contributed by atoms with van der Waals surface area (Å²) in [6, 6.07) is 18.4. The number of hydrogen-bond donors (Lipinski definition) is 2. The predicted octanol–water partition coefficient (Wildman–Crippen LogP) is 3.77. The smallest absolute Gasteiger partial charge is 0.265 e. The molecule has 0 radical (unpaired) electrons. The van der Waals surface area contributed by atoms with Gasteiger partial charge in [0.25, 0.3) is 5.91 Å². The zero-order chi connectivity index (χ0) is 17.1. The van der Waals surface area contributed by atoms with E-state index in [1.165, 1.54) is 5.56 Å². The molecule has 0 unspecified atom stereocenters. The second kappa shape index (κ2) is 7.11. The minimum Gasteiger partial charge on any atom is -0.361 e. The van der Waals surface area contributed by atoms with Crippen LogP contribution >= 0.6 is 0 Å². The Bertz CT molecular complexity index is 848. The molecule has 0 aliphatic carbocycles. The third-order valence-corrected chi connectivity index (χ3v) is 5.06. The molecule has 1 aliphatic rings. The minimum absolute atomic E-state index is 0.0235. The van der Waals surface area contributed by atoms with E-state index >= 15 is 0 Å². The largest absolute Gasteiger partial charge is 0.361 e. The van der Waals surface area contributed by atoms with Crippen LogP contribution in [0.3, 0.4) is 0 Å². The van der Waals surface area contributed by atoms with E-state index in [0.717, 1.165) is 43.3 Å². The van der Waals surface area contributed by atoms with Gasteiger partial charge in [-0.15, -0.1) is 0 Å². The lowest BCUT2D eigenvalue weighted by atomic mass is 9.91. The van der Waals surface area contributed by atoms with Crippen molar-refractivity contribution in [2.24, 2.45) is 5.92 Å². The summed E-state index contributed by atoms with van der Waals surface area (Å²) in [6.45, 7) is 1.82. The van der Waals surface area contributed by atoms with Crippen molar-refractivity contribution in [1.29, 1.82) is 0 Å². The van der Waals surface area contributed by atoms with Crippen molar-refractivity contribution < 1.29 is 4.79 Å². The number of aromatic nitrogens is 1. The molecular weight excluding hydrogens is 310 g/mol. The van der Waals surface area contributed by atoms with Crippen LogP contribution in [0.1, 0.15) is 28.8 Å². The fourth-order valence-electron chi connectivity index (χ4n) is 3.60. The Balaban J connectivity index is 1.31. The van der Waals surface area contributed by atoms with Gasteiger partial charge in [0.2, 0.25) is 0 Å². The lowest BCUT2D eigenvalue weighted by Gasteiger charge is -2.32. The Labute approximate surface area is 147 Å². The molecule has 0 atom stereocenters. The van der Waals surface area contributed by atoms with Crippen LogP contribution in [0.25, 0.3) is 10.9 Å². The number of fused-ring (bicyclic) bond motifs is 1. The van der Waals surface area contributed by atoms with Crippen LogP contribution in [-0.2, 0) is 6.42 Å². The van der Waals surface area contributed by atoms with Crippen LogP contribution in [-0.4, -0.2) is 29.0 Å². The van der Waals surface area contributed by atoms with Crippen molar-refractivity contribution in [3.63, 3.8) is 0 Å². The number of carbonyl (C=O) groups is 1. The number of piperidine rings is 1. The number of benzene rings is 2. The molecule has 4 heteroatoms. The van der Waals surface area contributed by atoms with Crippen LogP contribution < -0.4 is 5.43 Å². The first-order chi connectivity index (χ1) is 12.3. The zero-order valence-corrected chi connectivity index (χ0v) is 14.2. The molecule has 128 valence electrons. The zero-order valence-electron chi connectivity index (χ0n) is 14.2. The maximum Gasteiger partial charge on any atom is 0.265 e. The van der Waals surface area contributed by atoms with Gasteiger partial charge < -0.3 is 4.98 Å². The molecule has 0 spiro atoms. The summed E-state index contributed by atoms with van der Waals surface area (Å²) >= 11 is 0. The molecule has 0 saturated carbocycles. The van der Waals surface area contributed by atoms with Crippen molar-refractivity contribution in [3.8, 4) is 0 Å². The number of aromatic amines is 1. The van der Waals surface area contributed by atoms with Crippen LogP contribution in [0.15, 0.2) is 60.8 Å². The Morgan fingerprint density at radius 1 is 1.08 bits per heavy atom. The maximum absolute atomic E-state index is 12.5. The highest BCUT2D eigenvalue weighted by atomic mass is 16.2. The first-order valence-corrected chi connectivity index (χ1v) is 8.95. The second-order valence-electron chi connectivity index (χ2n) is 6.84. The first-order valence-electron chi connectivity index (χ1n) is 8.95. The third-order valence-electron chi connectivity index (χ3n) is 5.06. The van der Waals surface area contributed by atoms with Gasteiger partial charge in [-0.1, -0.05) is 30.3 Å².